The number of nitriles is 1. The molecule has 0 atom stereocenters. The fraction of sp³-hybridized carbons (Fsp3) is 0.0833. The van der Waals surface area contributed by atoms with Gasteiger partial charge in [-0.25, -0.2) is 9.59 Å². The topological polar surface area (TPSA) is 108 Å². The first-order valence-corrected chi connectivity index (χ1v) is 4.76. The minimum absolute atomic E-state index is 0.0391. The molecule has 0 bridgehead atoms. The molecule has 2 N–H and O–H groups in total. The van der Waals surface area contributed by atoms with Crippen LogP contribution in [0.25, 0.3) is 5.57 Å². The van der Waals surface area contributed by atoms with E-state index in [1.807, 2.05) is 0 Å². The van der Waals surface area contributed by atoms with E-state index in [1.165, 1.54) is 18.2 Å². The number of aromatic carboxylic acids is 1. The number of hydrogen-bond acceptors (Lipinski definition) is 5. The molecule has 0 fully saturated rings. The summed E-state index contributed by atoms with van der Waals surface area (Å²) in [6.45, 7) is 0. The van der Waals surface area contributed by atoms with Gasteiger partial charge >= 0.3 is 11.9 Å². The van der Waals surface area contributed by atoms with E-state index in [0.717, 1.165) is 13.2 Å². The third kappa shape index (κ3) is 2.65. The summed E-state index contributed by atoms with van der Waals surface area (Å²) in [6, 6.07) is 5.58. The second kappa shape index (κ2) is 5.50. The SMILES string of the molecule is COC(=O)C=C(C#N)c1cccc(C(=O)O)c1O. The van der Waals surface area contributed by atoms with Crippen molar-refractivity contribution in [2.24, 2.45) is 0 Å². The Labute approximate surface area is 102 Å². The van der Waals surface area contributed by atoms with E-state index in [1.54, 1.807) is 6.07 Å². The third-order valence-corrected chi connectivity index (χ3v) is 2.14. The van der Waals surface area contributed by atoms with E-state index in [9.17, 15) is 14.7 Å². The van der Waals surface area contributed by atoms with Gasteiger partial charge in [0.25, 0.3) is 0 Å². The summed E-state index contributed by atoms with van der Waals surface area (Å²) in [4.78, 5) is 21.8. The molecule has 6 heteroatoms. The monoisotopic (exact) mass is 247 g/mol. The van der Waals surface area contributed by atoms with Gasteiger partial charge in [-0.2, -0.15) is 5.26 Å². The molecule has 1 aromatic rings. The number of esters is 1. The zero-order valence-electron chi connectivity index (χ0n) is 9.38. The second-order valence-electron chi connectivity index (χ2n) is 3.20. The van der Waals surface area contributed by atoms with E-state index in [4.69, 9.17) is 10.4 Å². The van der Waals surface area contributed by atoms with Gasteiger partial charge in [0.15, 0.2) is 0 Å². The van der Waals surface area contributed by atoms with Crippen molar-refractivity contribution < 1.29 is 24.5 Å². The molecule has 0 unspecified atom stereocenters. The number of allylic oxidation sites excluding steroid dienone is 1. The zero-order chi connectivity index (χ0) is 13.7. The highest BCUT2D eigenvalue weighted by atomic mass is 16.5. The molecular weight excluding hydrogens is 238 g/mol. The van der Waals surface area contributed by atoms with E-state index in [0.29, 0.717) is 0 Å². The first-order chi connectivity index (χ1) is 8.51. The number of hydrogen-bond donors (Lipinski definition) is 2. The van der Waals surface area contributed by atoms with Crippen LogP contribution in [0, 0.1) is 11.3 Å². The minimum atomic E-state index is -1.33. The van der Waals surface area contributed by atoms with Gasteiger partial charge in [-0.05, 0) is 12.1 Å². The van der Waals surface area contributed by atoms with Gasteiger partial charge < -0.3 is 14.9 Å². The van der Waals surface area contributed by atoms with Crippen LogP contribution in [0.15, 0.2) is 24.3 Å². The fourth-order valence-electron chi connectivity index (χ4n) is 1.28. The van der Waals surface area contributed by atoms with Crippen molar-refractivity contribution in [1.82, 2.24) is 0 Å². The largest absolute Gasteiger partial charge is 0.506 e. The highest BCUT2D eigenvalue weighted by Crippen LogP contribution is 2.28. The first kappa shape index (κ1) is 13.3. The normalized spacial score (nSPS) is 10.6. The molecule has 0 aromatic heterocycles. The van der Waals surface area contributed by atoms with Crippen LogP contribution >= 0.6 is 0 Å². The molecule has 92 valence electrons. The number of nitrogens with zero attached hydrogens (tertiary/aromatic N) is 1. The highest BCUT2D eigenvalue weighted by molar-refractivity contribution is 5.99. The summed E-state index contributed by atoms with van der Waals surface area (Å²) < 4.78 is 4.36. The standard InChI is InChI=1S/C12H9NO5/c1-18-10(14)5-7(6-13)8-3-2-4-9(11(8)15)12(16)17/h2-5,15H,1H3,(H,16,17). The summed E-state index contributed by atoms with van der Waals surface area (Å²) in [7, 11) is 1.14. The zero-order valence-corrected chi connectivity index (χ0v) is 9.38. The predicted octanol–water partition coefficient (Wildman–Crippen LogP) is 1.17. The van der Waals surface area contributed by atoms with Crippen LogP contribution in [0.3, 0.4) is 0 Å². The van der Waals surface area contributed by atoms with Crippen LogP contribution in [0.2, 0.25) is 0 Å². The van der Waals surface area contributed by atoms with Crippen molar-refractivity contribution >= 4 is 17.5 Å². The molecule has 0 aliphatic carbocycles. The number of aromatic hydroxyl groups is 1. The molecule has 6 nitrogen and oxygen atoms in total. The Hall–Kier alpha value is -2.81. The van der Waals surface area contributed by atoms with E-state index >= 15 is 0 Å². The predicted molar refractivity (Wildman–Crippen MR) is 60.7 cm³/mol. The molecule has 0 saturated carbocycles. The van der Waals surface area contributed by atoms with Crippen LogP contribution in [0.4, 0.5) is 0 Å². The maximum absolute atomic E-state index is 11.0. The minimum Gasteiger partial charge on any atom is -0.506 e. The van der Waals surface area contributed by atoms with Gasteiger partial charge in [0.2, 0.25) is 0 Å². The number of carboxylic acids is 1. The van der Waals surface area contributed by atoms with Crippen LogP contribution < -0.4 is 0 Å². The molecule has 0 aliphatic rings. The number of methoxy groups -OCH3 is 1. The number of carbonyl (C=O) groups is 2. The highest BCUT2D eigenvalue weighted by Gasteiger charge is 2.16. The number of carboxylic acid groups (broad SMARTS) is 1. The van der Waals surface area contributed by atoms with Crippen molar-refractivity contribution in [2.75, 3.05) is 7.11 Å². The van der Waals surface area contributed by atoms with E-state index in [-0.39, 0.29) is 16.7 Å². The number of phenols is 1. The lowest BCUT2D eigenvalue weighted by Gasteiger charge is -2.05. The van der Waals surface area contributed by atoms with Crippen molar-refractivity contribution in [2.45, 2.75) is 0 Å². The Morgan fingerprint density at radius 2 is 2.00 bits per heavy atom. The lowest BCUT2D eigenvalue weighted by atomic mass is 10.0. The Morgan fingerprint density at radius 3 is 2.50 bits per heavy atom. The number of para-hydroxylation sites is 1. The van der Waals surface area contributed by atoms with Gasteiger partial charge in [-0.15, -0.1) is 0 Å². The molecule has 0 radical (unpaired) electrons. The second-order valence-corrected chi connectivity index (χ2v) is 3.20. The quantitative estimate of drug-likeness (QED) is 0.471. The number of carbonyl (C=O) groups excluding carboxylic acids is 1. The Morgan fingerprint density at radius 1 is 1.39 bits per heavy atom. The van der Waals surface area contributed by atoms with Gasteiger partial charge in [-0.3, -0.25) is 0 Å². The molecule has 1 aromatic carbocycles. The maximum Gasteiger partial charge on any atom is 0.339 e. The summed E-state index contributed by atoms with van der Waals surface area (Å²) in [5.74, 6) is -2.67. The summed E-state index contributed by atoms with van der Waals surface area (Å²) >= 11 is 0. The molecule has 0 aliphatic heterocycles. The number of ether oxygens (including phenoxy) is 1. The number of benzene rings is 1. The average Bonchev–Trinajstić information content (AvgIpc) is 2.35. The van der Waals surface area contributed by atoms with Crippen LogP contribution in [-0.4, -0.2) is 29.3 Å². The molecule has 0 saturated heterocycles. The van der Waals surface area contributed by atoms with Crippen molar-refractivity contribution in [1.29, 1.82) is 5.26 Å². The summed E-state index contributed by atoms with van der Waals surface area (Å²) in [5, 5.41) is 27.4. The van der Waals surface area contributed by atoms with Crippen LogP contribution in [0.5, 0.6) is 5.75 Å². The lowest BCUT2D eigenvalue weighted by Crippen LogP contribution is -2.00. The van der Waals surface area contributed by atoms with Crippen molar-refractivity contribution in [3.8, 4) is 11.8 Å². The van der Waals surface area contributed by atoms with E-state index in [2.05, 4.69) is 4.74 Å². The Balaban J connectivity index is 3.37. The average molecular weight is 247 g/mol. The Kier molecular flexibility index (Phi) is 4.05. The lowest BCUT2D eigenvalue weighted by molar-refractivity contribution is -0.134. The molecule has 0 spiro atoms. The fourth-order valence-corrected chi connectivity index (χ4v) is 1.28. The molecular formula is C12H9NO5. The van der Waals surface area contributed by atoms with Gasteiger partial charge in [0.1, 0.15) is 17.4 Å². The van der Waals surface area contributed by atoms with Gasteiger partial charge in [-0.1, -0.05) is 6.07 Å². The smallest absolute Gasteiger partial charge is 0.339 e. The van der Waals surface area contributed by atoms with Gasteiger partial charge in [0.05, 0.1) is 12.7 Å². The van der Waals surface area contributed by atoms with Crippen LogP contribution in [-0.2, 0) is 9.53 Å². The van der Waals surface area contributed by atoms with Crippen molar-refractivity contribution in [3.05, 3.63) is 35.4 Å². The summed E-state index contributed by atoms with van der Waals surface area (Å²) in [5.41, 5.74) is -0.566. The number of rotatable bonds is 3. The summed E-state index contributed by atoms with van der Waals surface area (Å²) in [6.07, 6.45) is 0.876. The van der Waals surface area contributed by atoms with E-state index < -0.39 is 17.7 Å². The molecule has 0 amide bonds. The molecule has 18 heavy (non-hydrogen) atoms. The molecule has 1 rings (SSSR count). The van der Waals surface area contributed by atoms with Crippen molar-refractivity contribution in [3.63, 3.8) is 0 Å². The Bertz CT molecular complexity index is 568. The first-order valence-electron chi connectivity index (χ1n) is 4.76. The third-order valence-electron chi connectivity index (χ3n) is 2.14. The molecule has 0 heterocycles. The van der Waals surface area contributed by atoms with Gasteiger partial charge in [0, 0.05) is 11.6 Å². The van der Waals surface area contributed by atoms with Crippen LogP contribution in [0.1, 0.15) is 15.9 Å². The maximum atomic E-state index is 11.0.